The van der Waals surface area contributed by atoms with Crippen LogP contribution in [-0.2, 0) is 19.0 Å². The predicted molar refractivity (Wildman–Crippen MR) is 61.2 cm³/mol. The maximum Gasteiger partial charge on any atom is 0.406 e. The predicted octanol–water partition coefficient (Wildman–Crippen LogP) is -0.327. The molecule has 18 heavy (non-hydrogen) atoms. The zero-order chi connectivity index (χ0) is 14.0. The molecule has 0 aliphatic carbocycles. The highest BCUT2D eigenvalue weighted by atomic mass is 16.6. The molecule has 0 heterocycles. The number of carbonyl (C=O) groups excluding carboxylic acids is 3. The Bertz CT molecular complexity index is 274. The van der Waals surface area contributed by atoms with E-state index < -0.39 is 18.3 Å². The van der Waals surface area contributed by atoms with Crippen LogP contribution in [-0.4, -0.2) is 58.0 Å². The first kappa shape index (κ1) is 16.2. The molecule has 104 valence electrons. The van der Waals surface area contributed by atoms with Crippen molar-refractivity contribution in [2.75, 3.05) is 33.9 Å². The van der Waals surface area contributed by atoms with Gasteiger partial charge in [-0.15, -0.1) is 0 Å². The zero-order valence-corrected chi connectivity index (χ0v) is 10.6. The zero-order valence-electron chi connectivity index (χ0n) is 10.6. The van der Waals surface area contributed by atoms with E-state index in [0.29, 0.717) is 0 Å². The highest BCUT2D eigenvalue weighted by Crippen LogP contribution is 1.97. The molecular weight excluding hydrogens is 244 g/mol. The maximum absolute atomic E-state index is 10.9. The van der Waals surface area contributed by atoms with E-state index in [1.165, 1.54) is 21.0 Å². The topological polar surface area (TPSA) is 103 Å². The van der Waals surface area contributed by atoms with Gasteiger partial charge in [-0.3, -0.25) is 4.79 Å². The van der Waals surface area contributed by atoms with Crippen LogP contribution in [0.3, 0.4) is 0 Å². The number of amides is 2. The highest BCUT2D eigenvalue weighted by molar-refractivity contribution is 5.76. The number of alkyl carbamates (subject to hydrolysis) is 2. The molecule has 0 rings (SSSR count). The molecule has 8 heteroatoms. The van der Waals surface area contributed by atoms with E-state index in [1.54, 1.807) is 0 Å². The van der Waals surface area contributed by atoms with E-state index in [1.807, 2.05) is 0 Å². The van der Waals surface area contributed by atoms with Crippen LogP contribution in [0.2, 0.25) is 0 Å². The minimum atomic E-state index is -0.691. The standard InChI is InChI=1S/C10H18N2O6/c1-7(13)4-16-8(5-17-9(14)11-2)6-18-10(15)12-3/h8H,4-6H2,1-3H3,(H,11,14)(H,12,15). The number of Topliss-reactive ketones (excluding diaryl/α,β-unsaturated/α-hetero) is 1. The molecule has 2 N–H and O–H groups in total. The van der Waals surface area contributed by atoms with Crippen LogP contribution < -0.4 is 10.6 Å². The molecule has 0 aromatic heterocycles. The average Bonchev–Trinajstić information content (AvgIpc) is 2.36. The molecule has 0 radical (unpaired) electrons. The lowest BCUT2D eigenvalue weighted by atomic mass is 10.4. The van der Waals surface area contributed by atoms with Crippen LogP contribution >= 0.6 is 0 Å². The molecule has 0 aliphatic rings. The Labute approximate surface area is 105 Å². The molecule has 0 bridgehead atoms. The molecule has 0 saturated carbocycles. The number of ketones is 1. The van der Waals surface area contributed by atoms with E-state index in [-0.39, 0.29) is 25.6 Å². The maximum atomic E-state index is 10.9. The fourth-order valence-electron chi connectivity index (χ4n) is 0.861. The van der Waals surface area contributed by atoms with Gasteiger partial charge < -0.3 is 24.8 Å². The third-order valence-electron chi connectivity index (χ3n) is 1.73. The molecule has 0 aromatic rings. The van der Waals surface area contributed by atoms with Gasteiger partial charge in [-0.05, 0) is 6.92 Å². The summed E-state index contributed by atoms with van der Waals surface area (Å²) in [6.45, 7) is 0.975. The van der Waals surface area contributed by atoms with Crippen molar-refractivity contribution in [1.82, 2.24) is 10.6 Å². The first-order chi connectivity index (χ1) is 8.49. The van der Waals surface area contributed by atoms with Gasteiger partial charge in [-0.25, -0.2) is 9.59 Å². The van der Waals surface area contributed by atoms with Gasteiger partial charge in [-0.2, -0.15) is 0 Å². The molecule has 0 aliphatic heterocycles. The summed E-state index contributed by atoms with van der Waals surface area (Å²) in [5.74, 6) is -0.181. The van der Waals surface area contributed by atoms with E-state index >= 15 is 0 Å². The molecule has 0 saturated heterocycles. The summed E-state index contributed by atoms with van der Waals surface area (Å²) in [6.07, 6.45) is -1.96. The monoisotopic (exact) mass is 262 g/mol. The van der Waals surface area contributed by atoms with Gasteiger partial charge in [0, 0.05) is 14.1 Å². The number of rotatable bonds is 7. The molecule has 0 atom stereocenters. The van der Waals surface area contributed by atoms with E-state index in [2.05, 4.69) is 10.6 Å². The summed E-state index contributed by atoms with van der Waals surface area (Å²) in [5, 5.41) is 4.51. The third-order valence-corrected chi connectivity index (χ3v) is 1.73. The summed E-state index contributed by atoms with van der Waals surface area (Å²) in [5.41, 5.74) is 0. The Kier molecular flexibility index (Phi) is 8.29. The second kappa shape index (κ2) is 9.23. The van der Waals surface area contributed by atoms with E-state index in [4.69, 9.17) is 14.2 Å². The molecule has 0 fully saturated rings. The lowest BCUT2D eigenvalue weighted by molar-refractivity contribution is -0.125. The SMILES string of the molecule is CNC(=O)OCC(COC(=O)NC)OCC(C)=O. The van der Waals surface area contributed by atoms with E-state index in [0.717, 1.165) is 0 Å². The summed E-state index contributed by atoms with van der Waals surface area (Å²) < 4.78 is 14.6. The smallest absolute Gasteiger partial charge is 0.406 e. The van der Waals surface area contributed by atoms with Gasteiger partial charge in [0.2, 0.25) is 0 Å². The number of hydrogen-bond acceptors (Lipinski definition) is 6. The Morgan fingerprint density at radius 1 is 1.00 bits per heavy atom. The average molecular weight is 262 g/mol. The van der Waals surface area contributed by atoms with Crippen molar-refractivity contribution in [3.8, 4) is 0 Å². The second-order valence-corrected chi connectivity index (χ2v) is 3.33. The Morgan fingerprint density at radius 2 is 1.44 bits per heavy atom. The quantitative estimate of drug-likeness (QED) is 0.651. The van der Waals surface area contributed by atoms with Crippen molar-refractivity contribution in [2.45, 2.75) is 13.0 Å². The minimum absolute atomic E-state index is 0.121. The van der Waals surface area contributed by atoms with Gasteiger partial charge in [0.15, 0.2) is 5.78 Å². The van der Waals surface area contributed by atoms with Crippen molar-refractivity contribution in [3.63, 3.8) is 0 Å². The minimum Gasteiger partial charge on any atom is -0.447 e. The summed E-state index contributed by atoms with van der Waals surface area (Å²) in [6, 6.07) is 0. The molecular formula is C10H18N2O6. The van der Waals surface area contributed by atoms with Crippen LogP contribution in [0, 0.1) is 0 Å². The van der Waals surface area contributed by atoms with Crippen LogP contribution in [0.5, 0.6) is 0 Å². The van der Waals surface area contributed by atoms with Crippen molar-refractivity contribution in [2.24, 2.45) is 0 Å². The molecule has 0 unspecified atom stereocenters. The van der Waals surface area contributed by atoms with Gasteiger partial charge in [0.25, 0.3) is 0 Å². The summed E-state index contributed by atoms with van der Waals surface area (Å²) >= 11 is 0. The Balaban J connectivity index is 4.10. The Morgan fingerprint density at radius 3 is 1.78 bits per heavy atom. The van der Waals surface area contributed by atoms with Gasteiger partial charge in [-0.1, -0.05) is 0 Å². The van der Waals surface area contributed by atoms with Gasteiger partial charge in [0.1, 0.15) is 25.9 Å². The van der Waals surface area contributed by atoms with Crippen molar-refractivity contribution < 1.29 is 28.6 Å². The summed E-state index contributed by atoms with van der Waals surface area (Å²) in [4.78, 5) is 32.5. The fourth-order valence-corrected chi connectivity index (χ4v) is 0.861. The lowest BCUT2D eigenvalue weighted by Gasteiger charge is -2.17. The van der Waals surface area contributed by atoms with Gasteiger partial charge >= 0.3 is 12.2 Å². The molecule has 8 nitrogen and oxygen atoms in total. The van der Waals surface area contributed by atoms with Crippen LogP contribution in [0.25, 0.3) is 0 Å². The highest BCUT2D eigenvalue weighted by Gasteiger charge is 2.15. The normalized spacial score (nSPS) is 9.78. The largest absolute Gasteiger partial charge is 0.447 e. The van der Waals surface area contributed by atoms with Crippen LogP contribution in [0.4, 0.5) is 9.59 Å². The number of nitrogens with one attached hydrogen (secondary N) is 2. The number of hydrogen-bond donors (Lipinski definition) is 2. The van der Waals surface area contributed by atoms with Gasteiger partial charge in [0.05, 0.1) is 0 Å². The van der Waals surface area contributed by atoms with E-state index in [9.17, 15) is 14.4 Å². The number of ether oxygens (including phenoxy) is 3. The Hall–Kier alpha value is -1.83. The molecule has 2 amide bonds. The van der Waals surface area contributed by atoms with Crippen molar-refractivity contribution in [1.29, 1.82) is 0 Å². The third kappa shape index (κ3) is 8.34. The summed E-state index contributed by atoms with van der Waals surface area (Å²) in [7, 11) is 2.82. The lowest BCUT2D eigenvalue weighted by Crippen LogP contribution is -2.33. The first-order valence-corrected chi connectivity index (χ1v) is 5.29. The first-order valence-electron chi connectivity index (χ1n) is 5.29. The van der Waals surface area contributed by atoms with Crippen molar-refractivity contribution >= 4 is 18.0 Å². The molecule has 0 aromatic carbocycles. The second-order valence-electron chi connectivity index (χ2n) is 3.33. The fraction of sp³-hybridized carbons (Fsp3) is 0.700. The van der Waals surface area contributed by atoms with Crippen LogP contribution in [0.15, 0.2) is 0 Å². The van der Waals surface area contributed by atoms with Crippen LogP contribution in [0.1, 0.15) is 6.92 Å². The van der Waals surface area contributed by atoms with Crippen molar-refractivity contribution in [3.05, 3.63) is 0 Å². The molecule has 0 spiro atoms. The number of carbonyl (C=O) groups is 3.